The average Bonchev–Trinajstić information content (AvgIpc) is 2.83. The van der Waals surface area contributed by atoms with E-state index in [0.717, 1.165) is 33.1 Å². The molecule has 1 saturated heterocycles. The number of hydrogen-bond donors (Lipinski definition) is 1. The SMILES string of the molecule is Cc1cccc(-n2c(C)cc(/C=C3/C(=O)NC(=O)N(C)C3=O)c2C)c1. The van der Waals surface area contributed by atoms with Crippen molar-refractivity contribution in [1.82, 2.24) is 14.8 Å². The van der Waals surface area contributed by atoms with Gasteiger partial charge in [-0.2, -0.15) is 0 Å². The fourth-order valence-electron chi connectivity index (χ4n) is 3.00. The van der Waals surface area contributed by atoms with Crippen LogP contribution in [0.25, 0.3) is 11.8 Å². The molecule has 128 valence electrons. The molecule has 0 saturated carbocycles. The van der Waals surface area contributed by atoms with Crippen LogP contribution in [-0.2, 0) is 9.59 Å². The number of carbonyl (C=O) groups excluding carboxylic acids is 3. The van der Waals surface area contributed by atoms with Crippen molar-refractivity contribution in [3.05, 3.63) is 58.4 Å². The molecule has 3 rings (SSSR count). The summed E-state index contributed by atoms with van der Waals surface area (Å²) in [6, 6.07) is 9.30. The third kappa shape index (κ3) is 2.87. The minimum absolute atomic E-state index is 0.0495. The van der Waals surface area contributed by atoms with Gasteiger partial charge < -0.3 is 4.57 Å². The van der Waals surface area contributed by atoms with Gasteiger partial charge in [-0.1, -0.05) is 12.1 Å². The first kappa shape index (κ1) is 16.7. The van der Waals surface area contributed by atoms with E-state index in [1.54, 1.807) is 0 Å². The zero-order valence-corrected chi connectivity index (χ0v) is 14.6. The third-order valence-electron chi connectivity index (χ3n) is 4.33. The molecule has 6 heteroatoms. The number of carbonyl (C=O) groups is 3. The summed E-state index contributed by atoms with van der Waals surface area (Å²) in [5, 5.41) is 2.16. The minimum Gasteiger partial charge on any atom is -0.318 e. The van der Waals surface area contributed by atoms with Crippen LogP contribution in [0.1, 0.15) is 22.5 Å². The highest BCUT2D eigenvalue weighted by Gasteiger charge is 2.33. The highest BCUT2D eigenvalue weighted by molar-refractivity contribution is 6.30. The Kier molecular flexibility index (Phi) is 4.04. The summed E-state index contributed by atoms with van der Waals surface area (Å²) < 4.78 is 2.07. The lowest BCUT2D eigenvalue weighted by molar-refractivity contribution is -0.129. The van der Waals surface area contributed by atoms with Crippen molar-refractivity contribution in [1.29, 1.82) is 0 Å². The van der Waals surface area contributed by atoms with Crippen molar-refractivity contribution in [3.63, 3.8) is 0 Å². The molecule has 2 heterocycles. The number of likely N-dealkylation sites (N-methyl/N-ethyl adjacent to an activating group) is 1. The van der Waals surface area contributed by atoms with Gasteiger partial charge in [0.15, 0.2) is 0 Å². The summed E-state index contributed by atoms with van der Waals surface area (Å²) in [6.45, 7) is 5.93. The smallest absolute Gasteiger partial charge is 0.318 e. The summed E-state index contributed by atoms with van der Waals surface area (Å²) in [5.74, 6) is -1.28. The van der Waals surface area contributed by atoms with Gasteiger partial charge in [-0.15, -0.1) is 0 Å². The predicted molar refractivity (Wildman–Crippen MR) is 94.3 cm³/mol. The molecule has 1 aliphatic heterocycles. The molecule has 0 spiro atoms. The van der Waals surface area contributed by atoms with Crippen molar-refractivity contribution >= 4 is 23.9 Å². The number of amides is 4. The van der Waals surface area contributed by atoms with Gasteiger partial charge >= 0.3 is 6.03 Å². The van der Waals surface area contributed by atoms with E-state index in [2.05, 4.69) is 16.0 Å². The van der Waals surface area contributed by atoms with Crippen LogP contribution in [0.2, 0.25) is 0 Å². The molecule has 1 aliphatic rings. The van der Waals surface area contributed by atoms with Gasteiger partial charge in [0.1, 0.15) is 5.57 Å². The molecule has 6 nitrogen and oxygen atoms in total. The molecular formula is C19H19N3O3. The van der Waals surface area contributed by atoms with E-state index >= 15 is 0 Å². The maximum atomic E-state index is 12.2. The lowest BCUT2D eigenvalue weighted by atomic mass is 10.1. The fraction of sp³-hybridized carbons (Fsp3) is 0.211. The van der Waals surface area contributed by atoms with Crippen molar-refractivity contribution in [3.8, 4) is 5.69 Å². The summed E-state index contributed by atoms with van der Waals surface area (Å²) >= 11 is 0. The Hall–Kier alpha value is -3.15. The monoisotopic (exact) mass is 337 g/mol. The second-order valence-electron chi connectivity index (χ2n) is 6.18. The van der Waals surface area contributed by atoms with E-state index in [0.29, 0.717) is 0 Å². The van der Waals surface area contributed by atoms with Crippen LogP contribution in [0.3, 0.4) is 0 Å². The molecule has 0 atom stereocenters. The van der Waals surface area contributed by atoms with Crippen molar-refractivity contribution < 1.29 is 14.4 Å². The minimum atomic E-state index is -0.711. The summed E-state index contributed by atoms with van der Waals surface area (Å²) in [5.41, 5.74) is 4.78. The number of rotatable bonds is 2. The van der Waals surface area contributed by atoms with Gasteiger partial charge in [-0.05, 0) is 56.2 Å². The van der Waals surface area contributed by atoms with Crippen molar-refractivity contribution in [2.24, 2.45) is 0 Å². The molecule has 2 aromatic rings. The fourth-order valence-corrected chi connectivity index (χ4v) is 3.00. The van der Waals surface area contributed by atoms with Gasteiger partial charge in [-0.25, -0.2) is 4.79 Å². The largest absolute Gasteiger partial charge is 0.331 e. The van der Waals surface area contributed by atoms with E-state index in [1.165, 1.54) is 13.1 Å². The van der Waals surface area contributed by atoms with E-state index in [1.807, 2.05) is 45.0 Å². The molecule has 1 aromatic carbocycles. The molecule has 0 bridgehead atoms. The summed E-state index contributed by atoms with van der Waals surface area (Å²) in [7, 11) is 1.34. The van der Waals surface area contributed by atoms with Gasteiger partial charge in [0.05, 0.1) is 0 Å². The lowest BCUT2D eigenvalue weighted by Crippen LogP contribution is -2.52. The summed E-state index contributed by atoms with van der Waals surface area (Å²) in [4.78, 5) is 36.7. The molecule has 1 aromatic heterocycles. The molecule has 0 aliphatic carbocycles. The Balaban J connectivity index is 2.08. The van der Waals surface area contributed by atoms with E-state index in [9.17, 15) is 14.4 Å². The van der Waals surface area contributed by atoms with Gasteiger partial charge in [0.25, 0.3) is 11.8 Å². The van der Waals surface area contributed by atoms with Crippen molar-refractivity contribution in [2.75, 3.05) is 7.05 Å². The second kappa shape index (κ2) is 6.05. The topological polar surface area (TPSA) is 71.4 Å². The van der Waals surface area contributed by atoms with Crippen molar-refractivity contribution in [2.45, 2.75) is 20.8 Å². The Labute approximate surface area is 145 Å². The standard InChI is InChI=1S/C19H19N3O3/c1-11-6-5-7-15(8-11)22-12(2)9-14(13(22)3)10-16-17(23)20-19(25)21(4)18(16)24/h5-10H,1-4H3,(H,20,23,25)/b16-10-. The molecule has 0 radical (unpaired) electrons. The molecule has 25 heavy (non-hydrogen) atoms. The lowest BCUT2D eigenvalue weighted by Gasteiger charge is -2.22. The Morgan fingerprint density at radius 1 is 1.04 bits per heavy atom. The van der Waals surface area contributed by atoms with Crippen LogP contribution >= 0.6 is 0 Å². The second-order valence-corrected chi connectivity index (χ2v) is 6.18. The first-order valence-corrected chi connectivity index (χ1v) is 7.90. The Bertz CT molecular complexity index is 937. The maximum Gasteiger partial charge on any atom is 0.331 e. The molecule has 1 N–H and O–H groups in total. The number of nitrogens with one attached hydrogen (secondary N) is 1. The predicted octanol–water partition coefficient (Wildman–Crippen LogP) is 2.49. The average molecular weight is 337 g/mol. The quantitative estimate of drug-likeness (QED) is 0.676. The highest BCUT2D eigenvalue weighted by Crippen LogP contribution is 2.24. The zero-order chi connectivity index (χ0) is 18.3. The number of imide groups is 2. The van der Waals surface area contributed by atoms with Gasteiger partial charge in [0.2, 0.25) is 0 Å². The Morgan fingerprint density at radius 3 is 2.44 bits per heavy atom. The maximum absolute atomic E-state index is 12.2. The van der Waals surface area contributed by atoms with Crippen LogP contribution in [0.5, 0.6) is 0 Å². The number of aryl methyl sites for hydroxylation is 2. The van der Waals surface area contributed by atoms with Crippen LogP contribution in [0, 0.1) is 20.8 Å². The zero-order valence-electron chi connectivity index (χ0n) is 14.6. The number of barbiturate groups is 1. The normalized spacial score (nSPS) is 16.6. The Morgan fingerprint density at radius 2 is 1.76 bits per heavy atom. The third-order valence-corrected chi connectivity index (χ3v) is 4.33. The first-order chi connectivity index (χ1) is 11.8. The van der Waals surface area contributed by atoms with Crippen LogP contribution in [0.4, 0.5) is 4.79 Å². The number of nitrogens with zero attached hydrogens (tertiary/aromatic N) is 2. The van der Waals surface area contributed by atoms with Crippen LogP contribution < -0.4 is 5.32 Å². The molecule has 1 fully saturated rings. The molecule has 0 unspecified atom stereocenters. The number of urea groups is 1. The molecular weight excluding hydrogens is 318 g/mol. The van der Waals surface area contributed by atoms with Gasteiger partial charge in [0, 0.05) is 24.1 Å². The molecule has 4 amide bonds. The highest BCUT2D eigenvalue weighted by atomic mass is 16.2. The van der Waals surface area contributed by atoms with E-state index < -0.39 is 17.8 Å². The van der Waals surface area contributed by atoms with E-state index in [4.69, 9.17) is 0 Å². The first-order valence-electron chi connectivity index (χ1n) is 7.90. The van der Waals surface area contributed by atoms with Gasteiger partial charge in [-0.3, -0.25) is 19.8 Å². The van der Waals surface area contributed by atoms with Crippen LogP contribution in [-0.4, -0.2) is 34.4 Å². The summed E-state index contributed by atoms with van der Waals surface area (Å²) in [6.07, 6.45) is 1.54. The number of hydrogen-bond acceptors (Lipinski definition) is 3. The number of aromatic nitrogens is 1. The van der Waals surface area contributed by atoms with Crippen LogP contribution in [0.15, 0.2) is 35.9 Å². The number of benzene rings is 1. The van der Waals surface area contributed by atoms with E-state index in [-0.39, 0.29) is 5.57 Å².